The summed E-state index contributed by atoms with van der Waals surface area (Å²) in [6.45, 7) is 1.97. The number of rotatable bonds is 3. The molecule has 0 radical (unpaired) electrons. The van der Waals surface area contributed by atoms with Crippen LogP contribution in [-0.4, -0.2) is 16.8 Å². The van der Waals surface area contributed by atoms with Gasteiger partial charge in [-0.2, -0.15) is 0 Å². The monoisotopic (exact) mass is 315 g/mol. The van der Waals surface area contributed by atoms with Gasteiger partial charge in [-0.3, -0.25) is 9.59 Å². The lowest BCUT2D eigenvalue weighted by atomic mass is 9.72. The summed E-state index contributed by atoms with van der Waals surface area (Å²) in [5.74, 6) is -0.651. The predicted molar refractivity (Wildman–Crippen MR) is 85.8 cm³/mol. The molecule has 3 rings (SSSR count). The molecule has 1 aliphatic carbocycles. The Morgan fingerprint density at radius 1 is 1.32 bits per heavy atom. The van der Waals surface area contributed by atoms with Crippen molar-refractivity contribution in [2.75, 3.05) is 5.32 Å². The number of primary amides is 1. The third-order valence-corrected chi connectivity index (χ3v) is 4.93. The summed E-state index contributed by atoms with van der Waals surface area (Å²) in [5, 5.41) is 4.79. The molecule has 2 amide bonds. The van der Waals surface area contributed by atoms with Crippen LogP contribution < -0.4 is 11.1 Å². The molecule has 1 aliphatic rings. The summed E-state index contributed by atoms with van der Waals surface area (Å²) in [5.41, 5.74) is 7.43. The molecule has 114 valence electrons. The van der Waals surface area contributed by atoms with E-state index in [0.717, 1.165) is 12.8 Å². The lowest BCUT2D eigenvalue weighted by Gasteiger charge is -2.33. The standard InChI is InChI=1S/C16H17N3O2S/c1-16(7-6-10-4-2-3-5-11(10)8-16)14(21)19-15-18-12(9-22-15)13(17)20/h2-5,9H,6-8H2,1H3,(H2,17,20)(H,18,19,21). The molecule has 2 aromatic rings. The molecular weight excluding hydrogens is 298 g/mol. The second-order valence-electron chi connectivity index (χ2n) is 5.86. The summed E-state index contributed by atoms with van der Waals surface area (Å²) >= 11 is 1.21. The molecule has 1 unspecified atom stereocenters. The number of hydrogen-bond acceptors (Lipinski definition) is 4. The first-order chi connectivity index (χ1) is 10.5. The number of hydrogen-bond donors (Lipinski definition) is 2. The van der Waals surface area contributed by atoms with Crippen molar-refractivity contribution in [2.24, 2.45) is 11.1 Å². The van der Waals surface area contributed by atoms with Crippen molar-refractivity contribution in [3.63, 3.8) is 0 Å². The number of amides is 2. The van der Waals surface area contributed by atoms with Crippen LogP contribution in [0.2, 0.25) is 0 Å². The average molecular weight is 315 g/mol. The van der Waals surface area contributed by atoms with E-state index in [1.807, 2.05) is 19.1 Å². The van der Waals surface area contributed by atoms with Crippen LogP contribution in [0.4, 0.5) is 5.13 Å². The SMILES string of the molecule is CC1(C(=O)Nc2nc(C(N)=O)cs2)CCc2ccccc2C1. The lowest BCUT2D eigenvalue weighted by Crippen LogP contribution is -2.38. The normalized spacial score (nSPS) is 20.2. The molecular formula is C16H17N3O2S. The van der Waals surface area contributed by atoms with Gasteiger partial charge in [0, 0.05) is 5.38 Å². The van der Waals surface area contributed by atoms with E-state index < -0.39 is 11.3 Å². The minimum absolute atomic E-state index is 0.0626. The minimum atomic E-state index is -0.588. The summed E-state index contributed by atoms with van der Waals surface area (Å²) in [4.78, 5) is 27.7. The van der Waals surface area contributed by atoms with Crippen LogP contribution in [0.15, 0.2) is 29.6 Å². The smallest absolute Gasteiger partial charge is 0.268 e. The molecule has 1 aromatic heterocycles. The van der Waals surface area contributed by atoms with E-state index in [1.54, 1.807) is 5.38 Å². The zero-order chi connectivity index (χ0) is 15.7. The second-order valence-corrected chi connectivity index (χ2v) is 6.72. The molecule has 0 saturated carbocycles. The van der Waals surface area contributed by atoms with Crippen molar-refractivity contribution in [1.82, 2.24) is 4.98 Å². The number of fused-ring (bicyclic) bond motifs is 1. The van der Waals surface area contributed by atoms with Crippen LogP contribution in [0.5, 0.6) is 0 Å². The van der Waals surface area contributed by atoms with Gasteiger partial charge in [0.2, 0.25) is 5.91 Å². The Labute approximate surface area is 132 Å². The fourth-order valence-electron chi connectivity index (χ4n) is 2.78. The topological polar surface area (TPSA) is 85.1 Å². The van der Waals surface area contributed by atoms with Crippen LogP contribution in [0.1, 0.15) is 35.0 Å². The molecule has 1 atom stereocenters. The Morgan fingerprint density at radius 2 is 2.05 bits per heavy atom. The van der Waals surface area contributed by atoms with E-state index in [2.05, 4.69) is 22.4 Å². The van der Waals surface area contributed by atoms with Gasteiger partial charge in [0.05, 0.1) is 5.41 Å². The maximum Gasteiger partial charge on any atom is 0.268 e. The second kappa shape index (κ2) is 5.53. The number of thiazole rings is 1. The third kappa shape index (κ3) is 2.74. The molecule has 1 heterocycles. The maximum absolute atomic E-state index is 12.6. The lowest BCUT2D eigenvalue weighted by molar-refractivity contribution is -0.125. The highest BCUT2D eigenvalue weighted by Gasteiger charge is 2.37. The van der Waals surface area contributed by atoms with Gasteiger partial charge in [-0.15, -0.1) is 11.3 Å². The summed E-state index contributed by atoms with van der Waals surface area (Å²) in [7, 11) is 0. The highest BCUT2D eigenvalue weighted by molar-refractivity contribution is 7.14. The van der Waals surface area contributed by atoms with E-state index in [-0.39, 0.29) is 11.6 Å². The predicted octanol–water partition coefficient (Wildman–Crippen LogP) is 2.38. The van der Waals surface area contributed by atoms with Crippen LogP contribution >= 0.6 is 11.3 Å². The molecule has 22 heavy (non-hydrogen) atoms. The molecule has 3 N–H and O–H groups in total. The molecule has 0 spiro atoms. The number of benzene rings is 1. The van der Waals surface area contributed by atoms with Gasteiger partial charge in [0.15, 0.2) is 5.13 Å². The van der Waals surface area contributed by atoms with Crippen LogP contribution in [0.3, 0.4) is 0 Å². The van der Waals surface area contributed by atoms with Crippen molar-refractivity contribution >= 4 is 28.3 Å². The first-order valence-corrected chi connectivity index (χ1v) is 7.99. The van der Waals surface area contributed by atoms with Crippen LogP contribution in [0.25, 0.3) is 0 Å². The number of nitrogens with two attached hydrogens (primary N) is 1. The Hall–Kier alpha value is -2.21. The fourth-order valence-corrected chi connectivity index (χ4v) is 3.47. The number of aryl methyl sites for hydroxylation is 1. The van der Waals surface area contributed by atoms with E-state index in [9.17, 15) is 9.59 Å². The number of nitrogens with one attached hydrogen (secondary N) is 1. The minimum Gasteiger partial charge on any atom is -0.364 e. The molecule has 0 saturated heterocycles. The van der Waals surface area contributed by atoms with Crippen molar-refractivity contribution in [3.8, 4) is 0 Å². The number of carbonyl (C=O) groups excluding carboxylic acids is 2. The number of nitrogens with zero attached hydrogens (tertiary/aromatic N) is 1. The molecule has 0 bridgehead atoms. The number of carbonyl (C=O) groups is 2. The van der Waals surface area contributed by atoms with Crippen LogP contribution in [0, 0.1) is 5.41 Å². The van der Waals surface area contributed by atoms with Gasteiger partial charge >= 0.3 is 0 Å². The van der Waals surface area contributed by atoms with Gasteiger partial charge in [-0.1, -0.05) is 31.2 Å². The fraction of sp³-hybridized carbons (Fsp3) is 0.312. The Kier molecular flexibility index (Phi) is 3.70. The molecule has 5 nitrogen and oxygen atoms in total. The highest BCUT2D eigenvalue weighted by atomic mass is 32.1. The summed E-state index contributed by atoms with van der Waals surface area (Å²) in [6.07, 6.45) is 2.40. The van der Waals surface area contributed by atoms with Gasteiger partial charge in [-0.25, -0.2) is 4.98 Å². The molecule has 0 fully saturated rings. The van der Waals surface area contributed by atoms with Crippen molar-refractivity contribution in [2.45, 2.75) is 26.2 Å². The zero-order valence-corrected chi connectivity index (χ0v) is 13.1. The van der Waals surface area contributed by atoms with Crippen molar-refractivity contribution in [1.29, 1.82) is 0 Å². The summed E-state index contributed by atoms with van der Waals surface area (Å²) in [6, 6.07) is 8.23. The van der Waals surface area contributed by atoms with E-state index in [4.69, 9.17) is 5.73 Å². The maximum atomic E-state index is 12.6. The van der Waals surface area contributed by atoms with E-state index >= 15 is 0 Å². The zero-order valence-electron chi connectivity index (χ0n) is 12.3. The van der Waals surface area contributed by atoms with Gasteiger partial charge in [0.1, 0.15) is 5.69 Å². The average Bonchev–Trinajstić information content (AvgIpc) is 2.96. The Morgan fingerprint density at radius 3 is 2.73 bits per heavy atom. The van der Waals surface area contributed by atoms with E-state index in [1.165, 1.54) is 22.5 Å². The van der Waals surface area contributed by atoms with Crippen LogP contribution in [-0.2, 0) is 17.6 Å². The first kappa shape index (κ1) is 14.7. The largest absolute Gasteiger partial charge is 0.364 e. The van der Waals surface area contributed by atoms with E-state index in [0.29, 0.717) is 11.6 Å². The van der Waals surface area contributed by atoms with Gasteiger partial charge < -0.3 is 11.1 Å². The number of aromatic nitrogens is 1. The highest BCUT2D eigenvalue weighted by Crippen LogP contribution is 2.36. The molecule has 0 aliphatic heterocycles. The van der Waals surface area contributed by atoms with Crippen molar-refractivity contribution in [3.05, 3.63) is 46.5 Å². The molecule has 1 aromatic carbocycles. The third-order valence-electron chi connectivity index (χ3n) is 4.17. The first-order valence-electron chi connectivity index (χ1n) is 7.11. The van der Waals surface area contributed by atoms with Crippen molar-refractivity contribution < 1.29 is 9.59 Å². The molecule has 6 heteroatoms. The summed E-state index contributed by atoms with van der Waals surface area (Å²) < 4.78 is 0. The van der Waals surface area contributed by atoms with Gasteiger partial charge in [0.25, 0.3) is 5.91 Å². The Balaban J connectivity index is 1.75. The quantitative estimate of drug-likeness (QED) is 0.912. The number of anilines is 1. The Bertz CT molecular complexity index is 740. The van der Waals surface area contributed by atoms with Gasteiger partial charge in [-0.05, 0) is 30.4 Å².